The number of nitrogens with zero attached hydrogens (tertiary/aromatic N) is 1. The summed E-state index contributed by atoms with van der Waals surface area (Å²) in [4.78, 5) is 17.2. The number of aromatic nitrogens is 1. The van der Waals surface area contributed by atoms with E-state index in [0.29, 0.717) is 13.0 Å². The van der Waals surface area contributed by atoms with E-state index in [2.05, 4.69) is 17.1 Å². The van der Waals surface area contributed by atoms with Gasteiger partial charge in [0.25, 0.3) is 0 Å². The Morgan fingerprint density at radius 1 is 1.33 bits per heavy atom. The molecule has 1 aromatic heterocycles. The molecule has 0 aliphatic heterocycles. The van der Waals surface area contributed by atoms with Crippen molar-refractivity contribution < 1.29 is 9.90 Å². The van der Waals surface area contributed by atoms with E-state index in [9.17, 15) is 4.79 Å². The number of benzene rings is 1. The lowest BCUT2D eigenvalue weighted by atomic mass is 10.1. The Morgan fingerprint density at radius 3 is 2.81 bits per heavy atom. The molecule has 0 saturated carbocycles. The highest BCUT2D eigenvalue weighted by Gasteiger charge is 2.15. The number of nitrogens with one attached hydrogen (secondary N) is 1. The molecule has 1 aromatic carbocycles. The number of rotatable bonds is 7. The molecule has 0 bridgehead atoms. The third-order valence-corrected chi connectivity index (χ3v) is 3.80. The number of H-pyrrole nitrogens is 1. The summed E-state index contributed by atoms with van der Waals surface area (Å²) in [5, 5.41) is 10.3. The molecule has 0 aliphatic rings. The standard InChI is InChI=1S/C17H24N2O2/c1-13(2)19(10-11-20)17(21)9-5-6-14-12-18-16-8-4-3-7-15(14)16/h3-4,7-8,12-13,18,20H,5-6,9-11H2,1-2H3. The van der Waals surface area contributed by atoms with Gasteiger partial charge in [-0.15, -0.1) is 0 Å². The SMILES string of the molecule is CC(C)N(CCO)C(=O)CCCc1c[nH]c2ccccc12. The Morgan fingerprint density at radius 2 is 2.10 bits per heavy atom. The van der Waals surface area contributed by atoms with Gasteiger partial charge in [-0.25, -0.2) is 0 Å². The van der Waals surface area contributed by atoms with Crippen molar-refractivity contribution >= 4 is 16.8 Å². The predicted octanol–water partition coefficient (Wildman–Crippen LogP) is 2.72. The third-order valence-electron chi connectivity index (χ3n) is 3.80. The van der Waals surface area contributed by atoms with Crippen molar-refractivity contribution in [2.24, 2.45) is 0 Å². The molecule has 1 heterocycles. The van der Waals surface area contributed by atoms with E-state index in [1.54, 1.807) is 4.90 Å². The minimum atomic E-state index is 0.0202. The van der Waals surface area contributed by atoms with Crippen LogP contribution in [0.5, 0.6) is 0 Å². The first-order valence-electron chi connectivity index (χ1n) is 7.58. The fourth-order valence-corrected chi connectivity index (χ4v) is 2.69. The van der Waals surface area contributed by atoms with Crippen molar-refractivity contribution in [2.45, 2.75) is 39.2 Å². The van der Waals surface area contributed by atoms with Gasteiger partial charge in [-0.05, 0) is 38.3 Å². The average molecular weight is 288 g/mol. The molecule has 0 radical (unpaired) electrons. The Labute approximate surface area is 125 Å². The Bertz CT molecular complexity index is 589. The van der Waals surface area contributed by atoms with E-state index in [4.69, 9.17) is 5.11 Å². The van der Waals surface area contributed by atoms with Crippen LogP contribution >= 0.6 is 0 Å². The fourth-order valence-electron chi connectivity index (χ4n) is 2.69. The minimum Gasteiger partial charge on any atom is -0.395 e. The van der Waals surface area contributed by atoms with Crippen LogP contribution in [0.3, 0.4) is 0 Å². The van der Waals surface area contributed by atoms with Crippen LogP contribution < -0.4 is 0 Å². The van der Waals surface area contributed by atoms with Gasteiger partial charge in [0.05, 0.1) is 6.61 Å². The second-order valence-corrected chi connectivity index (χ2v) is 5.62. The molecule has 2 rings (SSSR count). The maximum atomic E-state index is 12.2. The number of aliphatic hydroxyl groups excluding tert-OH is 1. The summed E-state index contributed by atoms with van der Waals surface area (Å²) in [6, 6.07) is 8.35. The molecule has 2 aromatic rings. The summed E-state index contributed by atoms with van der Waals surface area (Å²) in [5.41, 5.74) is 2.40. The molecule has 21 heavy (non-hydrogen) atoms. The second-order valence-electron chi connectivity index (χ2n) is 5.62. The summed E-state index contributed by atoms with van der Waals surface area (Å²) in [6.45, 7) is 4.40. The molecule has 114 valence electrons. The maximum absolute atomic E-state index is 12.2. The highest BCUT2D eigenvalue weighted by molar-refractivity contribution is 5.83. The molecule has 4 nitrogen and oxygen atoms in total. The number of amides is 1. The van der Waals surface area contributed by atoms with Gasteiger partial charge in [0.2, 0.25) is 5.91 Å². The molecule has 4 heteroatoms. The number of fused-ring (bicyclic) bond motifs is 1. The molecular formula is C17H24N2O2. The van der Waals surface area contributed by atoms with Crippen LogP contribution in [0.2, 0.25) is 0 Å². The van der Waals surface area contributed by atoms with Crippen molar-refractivity contribution in [3.63, 3.8) is 0 Å². The number of aryl methyl sites for hydroxylation is 1. The maximum Gasteiger partial charge on any atom is 0.222 e. The van der Waals surface area contributed by atoms with Crippen molar-refractivity contribution in [3.05, 3.63) is 36.0 Å². The van der Waals surface area contributed by atoms with Crippen molar-refractivity contribution in [2.75, 3.05) is 13.2 Å². The number of aliphatic hydroxyl groups is 1. The quantitative estimate of drug-likeness (QED) is 0.823. The van der Waals surface area contributed by atoms with Gasteiger partial charge in [-0.3, -0.25) is 4.79 Å². The molecule has 2 N–H and O–H groups in total. The zero-order chi connectivity index (χ0) is 15.2. The van der Waals surface area contributed by atoms with E-state index in [1.807, 2.05) is 32.2 Å². The topological polar surface area (TPSA) is 56.3 Å². The normalized spacial score (nSPS) is 11.2. The number of para-hydroxylation sites is 1. The third kappa shape index (κ3) is 3.85. The molecule has 0 unspecified atom stereocenters. The van der Waals surface area contributed by atoms with Crippen LogP contribution in [0, 0.1) is 0 Å². The lowest BCUT2D eigenvalue weighted by Gasteiger charge is -2.26. The lowest BCUT2D eigenvalue weighted by Crippen LogP contribution is -2.38. The van der Waals surface area contributed by atoms with Crippen molar-refractivity contribution in [1.29, 1.82) is 0 Å². The highest BCUT2D eigenvalue weighted by atomic mass is 16.3. The van der Waals surface area contributed by atoms with Crippen LogP contribution in [0.25, 0.3) is 10.9 Å². The highest BCUT2D eigenvalue weighted by Crippen LogP contribution is 2.19. The minimum absolute atomic E-state index is 0.0202. The van der Waals surface area contributed by atoms with Crippen LogP contribution in [-0.4, -0.2) is 40.1 Å². The molecule has 0 saturated heterocycles. The van der Waals surface area contributed by atoms with Crippen LogP contribution in [-0.2, 0) is 11.2 Å². The lowest BCUT2D eigenvalue weighted by molar-refractivity contribution is -0.133. The number of carbonyl (C=O) groups excluding carboxylic acids is 1. The van der Waals surface area contributed by atoms with E-state index < -0.39 is 0 Å². The Hall–Kier alpha value is -1.81. The number of carbonyl (C=O) groups is 1. The van der Waals surface area contributed by atoms with E-state index in [0.717, 1.165) is 18.4 Å². The van der Waals surface area contributed by atoms with Gasteiger partial charge in [0.15, 0.2) is 0 Å². The van der Waals surface area contributed by atoms with E-state index >= 15 is 0 Å². The second kappa shape index (κ2) is 7.27. The van der Waals surface area contributed by atoms with E-state index in [1.165, 1.54) is 10.9 Å². The van der Waals surface area contributed by atoms with Crippen molar-refractivity contribution in [3.8, 4) is 0 Å². The van der Waals surface area contributed by atoms with Crippen molar-refractivity contribution in [1.82, 2.24) is 9.88 Å². The van der Waals surface area contributed by atoms with Gasteiger partial charge in [0.1, 0.15) is 0 Å². The summed E-state index contributed by atoms with van der Waals surface area (Å²) in [7, 11) is 0. The van der Waals surface area contributed by atoms with Crippen LogP contribution in [0.1, 0.15) is 32.3 Å². The summed E-state index contributed by atoms with van der Waals surface area (Å²) >= 11 is 0. The summed E-state index contributed by atoms with van der Waals surface area (Å²) in [6.07, 6.45) is 4.27. The monoisotopic (exact) mass is 288 g/mol. The van der Waals surface area contributed by atoms with Gasteiger partial charge >= 0.3 is 0 Å². The Kier molecular flexibility index (Phi) is 5.39. The average Bonchev–Trinajstić information content (AvgIpc) is 2.88. The molecule has 0 aliphatic carbocycles. The molecule has 1 amide bonds. The first kappa shape index (κ1) is 15.6. The van der Waals surface area contributed by atoms with Crippen LogP contribution in [0.15, 0.2) is 30.5 Å². The summed E-state index contributed by atoms with van der Waals surface area (Å²) in [5.74, 6) is 0.124. The Balaban J connectivity index is 1.90. The molecule has 0 fully saturated rings. The van der Waals surface area contributed by atoms with Crippen LogP contribution in [0.4, 0.5) is 0 Å². The first-order valence-corrected chi connectivity index (χ1v) is 7.58. The number of hydrogen-bond acceptors (Lipinski definition) is 2. The zero-order valence-corrected chi connectivity index (χ0v) is 12.8. The van der Waals surface area contributed by atoms with Gasteiger partial charge in [-0.2, -0.15) is 0 Å². The largest absolute Gasteiger partial charge is 0.395 e. The van der Waals surface area contributed by atoms with Gasteiger partial charge in [-0.1, -0.05) is 18.2 Å². The van der Waals surface area contributed by atoms with Gasteiger partial charge < -0.3 is 15.0 Å². The predicted molar refractivity (Wildman–Crippen MR) is 85.2 cm³/mol. The fraction of sp³-hybridized carbons (Fsp3) is 0.471. The number of hydrogen-bond donors (Lipinski definition) is 2. The number of aromatic amines is 1. The summed E-state index contributed by atoms with van der Waals surface area (Å²) < 4.78 is 0. The smallest absolute Gasteiger partial charge is 0.222 e. The van der Waals surface area contributed by atoms with E-state index in [-0.39, 0.29) is 18.6 Å². The molecular weight excluding hydrogens is 264 g/mol. The van der Waals surface area contributed by atoms with Gasteiger partial charge in [0, 0.05) is 36.1 Å². The zero-order valence-electron chi connectivity index (χ0n) is 12.8. The molecule has 0 spiro atoms. The first-order chi connectivity index (χ1) is 10.1. The molecule has 0 atom stereocenters.